The Kier molecular flexibility index (Phi) is 3.60. The van der Waals surface area contributed by atoms with Crippen molar-refractivity contribution in [3.05, 3.63) is 60.2 Å². The predicted molar refractivity (Wildman–Crippen MR) is 64.6 cm³/mol. The molecule has 0 atom stereocenters. The largest absolute Gasteiger partial charge is 0.380 e. The van der Waals surface area contributed by atoms with Gasteiger partial charge >= 0.3 is 5.97 Å². The Balaban J connectivity index is 2.05. The van der Waals surface area contributed by atoms with Gasteiger partial charge < -0.3 is 10.6 Å². The molecule has 0 unspecified atom stereocenters. The van der Waals surface area contributed by atoms with E-state index in [1.807, 2.05) is 0 Å². The maximum Gasteiger partial charge on any atom is 0.367 e. The van der Waals surface area contributed by atoms with Gasteiger partial charge in [0.2, 0.25) is 0 Å². The first-order valence-electron chi connectivity index (χ1n) is 5.12. The van der Waals surface area contributed by atoms with E-state index in [4.69, 9.17) is 10.6 Å². The maximum absolute atomic E-state index is 11.5. The van der Waals surface area contributed by atoms with E-state index < -0.39 is 5.97 Å². The first-order valence-corrected chi connectivity index (χ1v) is 5.12. The van der Waals surface area contributed by atoms with Crippen molar-refractivity contribution in [2.75, 3.05) is 0 Å². The Morgan fingerprint density at radius 1 is 1.11 bits per heavy atom. The van der Waals surface area contributed by atoms with Crippen LogP contribution >= 0.6 is 0 Å². The molecule has 2 heterocycles. The monoisotopic (exact) mass is 242 g/mol. The molecule has 0 amide bonds. The summed E-state index contributed by atoms with van der Waals surface area (Å²) in [6, 6.07) is 6.63. The number of oxime groups is 1. The number of hydrogen-bond acceptors (Lipinski definition) is 5. The van der Waals surface area contributed by atoms with Crippen LogP contribution in [0.15, 0.2) is 54.2 Å². The smallest absolute Gasteiger partial charge is 0.367 e. The SMILES string of the molecule is NC(=NOC(=O)c1cccnc1)c1cccnc1. The highest BCUT2D eigenvalue weighted by Gasteiger charge is 2.07. The molecule has 90 valence electrons. The fourth-order valence-corrected chi connectivity index (χ4v) is 1.19. The lowest BCUT2D eigenvalue weighted by atomic mass is 10.3. The molecule has 0 aliphatic carbocycles. The average molecular weight is 242 g/mol. The van der Waals surface area contributed by atoms with Crippen molar-refractivity contribution in [3.63, 3.8) is 0 Å². The lowest BCUT2D eigenvalue weighted by Crippen LogP contribution is -2.15. The summed E-state index contributed by atoms with van der Waals surface area (Å²) in [6.07, 6.45) is 6.08. The fraction of sp³-hybridized carbons (Fsp3) is 0. The lowest BCUT2D eigenvalue weighted by Gasteiger charge is -2.00. The lowest BCUT2D eigenvalue weighted by molar-refractivity contribution is 0.0515. The van der Waals surface area contributed by atoms with Crippen LogP contribution in [0.2, 0.25) is 0 Å². The molecule has 0 radical (unpaired) electrons. The van der Waals surface area contributed by atoms with Crippen molar-refractivity contribution < 1.29 is 9.63 Å². The van der Waals surface area contributed by atoms with E-state index in [1.54, 1.807) is 36.7 Å². The minimum atomic E-state index is -0.616. The second-order valence-corrected chi connectivity index (χ2v) is 3.34. The Morgan fingerprint density at radius 3 is 2.28 bits per heavy atom. The number of carbonyl (C=O) groups is 1. The summed E-state index contributed by atoms with van der Waals surface area (Å²) in [5.74, 6) is -0.532. The van der Waals surface area contributed by atoms with Gasteiger partial charge in [-0.05, 0) is 24.3 Å². The van der Waals surface area contributed by atoms with Crippen LogP contribution in [-0.4, -0.2) is 21.8 Å². The van der Waals surface area contributed by atoms with Crippen LogP contribution in [0.4, 0.5) is 0 Å². The van der Waals surface area contributed by atoms with Gasteiger partial charge in [0, 0.05) is 30.4 Å². The molecule has 0 saturated carbocycles. The van der Waals surface area contributed by atoms with Crippen LogP contribution in [0.1, 0.15) is 15.9 Å². The summed E-state index contributed by atoms with van der Waals surface area (Å²) in [5, 5.41) is 3.55. The van der Waals surface area contributed by atoms with Gasteiger partial charge in [0.25, 0.3) is 0 Å². The van der Waals surface area contributed by atoms with Crippen LogP contribution in [-0.2, 0) is 4.84 Å². The number of rotatable bonds is 3. The van der Waals surface area contributed by atoms with Gasteiger partial charge in [-0.25, -0.2) is 4.79 Å². The molecular formula is C12H10N4O2. The van der Waals surface area contributed by atoms with Crippen molar-refractivity contribution >= 4 is 11.8 Å². The average Bonchev–Trinajstić information content (AvgIpc) is 2.46. The maximum atomic E-state index is 11.5. The van der Waals surface area contributed by atoms with Crippen LogP contribution < -0.4 is 5.73 Å². The van der Waals surface area contributed by atoms with E-state index >= 15 is 0 Å². The molecule has 2 aromatic heterocycles. The number of nitrogens with two attached hydrogens (primary N) is 1. The van der Waals surface area contributed by atoms with E-state index in [2.05, 4.69) is 15.1 Å². The number of nitrogens with zero attached hydrogens (tertiary/aromatic N) is 3. The van der Waals surface area contributed by atoms with E-state index in [-0.39, 0.29) is 5.84 Å². The zero-order valence-corrected chi connectivity index (χ0v) is 9.35. The normalized spacial score (nSPS) is 11.0. The summed E-state index contributed by atoms with van der Waals surface area (Å²) in [7, 11) is 0. The minimum Gasteiger partial charge on any atom is -0.380 e. The highest BCUT2D eigenvalue weighted by Crippen LogP contribution is 2.01. The van der Waals surface area contributed by atoms with Crippen molar-refractivity contribution in [1.29, 1.82) is 0 Å². The predicted octanol–water partition coefficient (Wildman–Crippen LogP) is 0.954. The van der Waals surface area contributed by atoms with Crippen LogP contribution in [0.25, 0.3) is 0 Å². The molecule has 2 aromatic rings. The molecule has 2 rings (SSSR count). The molecule has 6 nitrogen and oxygen atoms in total. The second-order valence-electron chi connectivity index (χ2n) is 3.34. The molecule has 0 aromatic carbocycles. The molecule has 0 aliphatic rings. The van der Waals surface area contributed by atoms with E-state index in [0.29, 0.717) is 11.1 Å². The van der Waals surface area contributed by atoms with Gasteiger partial charge in [0.05, 0.1) is 5.56 Å². The third-order valence-electron chi connectivity index (χ3n) is 2.08. The summed E-state index contributed by atoms with van der Waals surface area (Å²) in [6.45, 7) is 0. The molecule has 0 spiro atoms. The molecule has 0 fully saturated rings. The third kappa shape index (κ3) is 2.88. The summed E-state index contributed by atoms with van der Waals surface area (Å²) in [5.41, 5.74) is 6.52. The van der Waals surface area contributed by atoms with Crippen molar-refractivity contribution in [1.82, 2.24) is 9.97 Å². The van der Waals surface area contributed by atoms with Crippen molar-refractivity contribution in [2.24, 2.45) is 10.9 Å². The highest BCUT2D eigenvalue weighted by atomic mass is 16.7. The van der Waals surface area contributed by atoms with Gasteiger partial charge in [0.1, 0.15) is 0 Å². The van der Waals surface area contributed by atoms with E-state index in [9.17, 15) is 4.79 Å². The standard InChI is InChI=1S/C12H10N4O2/c13-11(9-3-1-5-14-7-9)16-18-12(17)10-4-2-6-15-8-10/h1-8H,(H2,13,16). The quantitative estimate of drug-likeness (QED) is 0.374. The molecule has 0 aliphatic heterocycles. The summed E-state index contributed by atoms with van der Waals surface area (Å²) in [4.78, 5) is 23.9. The van der Waals surface area contributed by atoms with Gasteiger partial charge in [-0.1, -0.05) is 5.16 Å². The van der Waals surface area contributed by atoms with Crippen molar-refractivity contribution in [3.8, 4) is 0 Å². The molecule has 2 N–H and O–H groups in total. The third-order valence-corrected chi connectivity index (χ3v) is 2.08. The number of aromatic nitrogens is 2. The van der Waals surface area contributed by atoms with Crippen LogP contribution in [0.5, 0.6) is 0 Å². The first kappa shape index (κ1) is 11.7. The zero-order chi connectivity index (χ0) is 12.8. The summed E-state index contributed by atoms with van der Waals surface area (Å²) < 4.78 is 0. The number of amidine groups is 1. The Labute approximate surface area is 103 Å². The molecule has 0 saturated heterocycles. The Hall–Kier alpha value is -2.76. The molecule has 0 bridgehead atoms. The van der Waals surface area contributed by atoms with Crippen LogP contribution in [0.3, 0.4) is 0 Å². The summed E-state index contributed by atoms with van der Waals surface area (Å²) >= 11 is 0. The second kappa shape index (κ2) is 5.53. The number of carbonyl (C=O) groups excluding carboxylic acids is 1. The van der Waals surface area contributed by atoms with Gasteiger partial charge in [-0.3, -0.25) is 9.97 Å². The van der Waals surface area contributed by atoms with Gasteiger partial charge in [0.15, 0.2) is 5.84 Å². The highest BCUT2D eigenvalue weighted by molar-refractivity contribution is 5.97. The van der Waals surface area contributed by atoms with E-state index in [0.717, 1.165) is 0 Å². The van der Waals surface area contributed by atoms with Gasteiger partial charge in [-0.2, -0.15) is 0 Å². The first-order chi connectivity index (χ1) is 8.77. The fourth-order valence-electron chi connectivity index (χ4n) is 1.19. The molecular weight excluding hydrogens is 232 g/mol. The number of hydrogen-bond donors (Lipinski definition) is 1. The Bertz CT molecular complexity index is 555. The zero-order valence-electron chi connectivity index (χ0n) is 9.35. The Morgan fingerprint density at radius 2 is 1.72 bits per heavy atom. The molecule has 18 heavy (non-hydrogen) atoms. The van der Waals surface area contributed by atoms with E-state index in [1.165, 1.54) is 12.4 Å². The molecule has 6 heteroatoms. The minimum absolute atomic E-state index is 0.0836. The van der Waals surface area contributed by atoms with Crippen LogP contribution in [0, 0.1) is 0 Å². The topological polar surface area (TPSA) is 90.5 Å². The number of pyridine rings is 2. The van der Waals surface area contributed by atoms with Gasteiger partial charge in [-0.15, -0.1) is 0 Å². The van der Waals surface area contributed by atoms with Crippen molar-refractivity contribution in [2.45, 2.75) is 0 Å².